The summed E-state index contributed by atoms with van der Waals surface area (Å²) >= 11 is 12.2. The predicted molar refractivity (Wildman–Crippen MR) is 142 cm³/mol. The minimum Gasteiger partial charge on any atom is -0.355 e. The van der Waals surface area contributed by atoms with Gasteiger partial charge in [-0.05, 0) is 56.0 Å². The molecule has 192 valence electrons. The number of sulfonamides is 1. The number of carbonyl (C=O) groups is 2. The molecule has 1 N–H and O–H groups in total. The molecule has 0 heterocycles. The maximum Gasteiger partial charge on any atom is 0.242 e. The average Bonchev–Trinajstić information content (AvgIpc) is 2.79. The molecule has 0 saturated carbocycles. The lowest BCUT2D eigenvalue weighted by molar-refractivity contribution is -0.141. The van der Waals surface area contributed by atoms with Gasteiger partial charge in [-0.1, -0.05) is 54.4 Å². The summed E-state index contributed by atoms with van der Waals surface area (Å²) in [6, 6.07) is 11.6. The molecule has 0 aliphatic rings. The van der Waals surface area contributed by atoms with Gasteiger partial charge in [-0.3, -0.25) is 13.9 Å². The lowest BCUT2D eigenvalue weighted by Crippen LogP contribution is -2.49. The van der Waals surface area contributed by atoms with E-state index in [2.05, 4.69) is 5.32 Å². The van der Waals surface area contributed by atoms with Crippen molar-refractivity contribution in [3.63, 3.8) is 0 Å². The molecule has 0 bridgehead atoms. The average molecular weight is 543 g/mol. The third-order valence-corrected chi connectivity index (χ3v) is 7.53. The first kappa shape index (κ1) is 28.9. The van der Waals surface area contributed by atoms with Crippen LogP contribution < -0.4 is 9.62 Å². The number of nitrogens with one attached hydrogen (secondary N) is 1. The highest BCUT2D eigenvalue weighted by Gasteiger charge is 2.28. The summed E-state index contributed by atoms with van der Waals surface area (Å²) in [4.78, 5) is 27.6. The van der Waals surface area contributed by atoms with E-state index in [4.69, 9.17) is 23.2 Å². The molecule has 2 aromatic rings. The topological polar surface area (TPSA) is 86.8 Å². The highest BCUT2D eigenvalue weighted by atomic mass is 35.5. The van der Waals surface area contributed by atoms with E-state index < -0.39 is 16.1 Å². The second-order valence-corrected chi connectivity index (χ2v) is 11.0. The van der Waals surface area contributed by atoms with E-state index in [0.717, 1.165) is 17.4 Å². The second kappa shape index (κ2) is 13.1. The molecular formula is C25H33Cl2N3O4S. The third-order valence-electron chi connectivity index (χ3n) is 5.61. The number of nitrogens with zero attached hydrogens (tertiary/aromatic N) is 2. The number of amides is 2. The van der Waals surface area contributed by atoms with Crippen LogP contribution in [0.15, 0.2) is 42.5 Å². The zero-order chi connectivity index (χ0) is 26.2. The molecule has 0 spiro atoms. The van der Waals surface area contributed by atoms with Crippen molar-refractivity contribution in [2.24, 2.45) is 0 Å². The molecule has 0 fully saturated rings. The minimum absolute atomic E-state index is 0.0785. The molecule has 0 aliphatic heterocycles. The lowest BCUT2D eigenvalue weighted by Gasteiger charge is -2.31. The van der Waals surface area contributed by atoms with Crippen molar-refractivity contribution in [2.75, 3.05) is 23.7 Å². The van der Waals surface area contributed by atoms with E-state index in [1.165, 1.54) is 9.21 Å². The monoisotopic (exact) mass is 541 g/mol. The Balaban J connectivity index is 2.24. The Morgan fingerprint density at radius 1 is 1.06 bits per heavy atom. The molecule has 1 unspecified atom stereocenters. The van der Waals surface area contributed by atoms with Gasteiger partial charge in [0.15, 0.2) is 0 Å². The Morgan fingerprint density at radius 2 is 1.74 bits per heavy atom. The smallest absolute Gasteiger partial charge is 0.242 e. The summed E-state index contributed by atoms with van der Waals surface area (Å²) in [7, 11) is -3.54. The third kappa shape index (κ3) is 8.12. The molecule has 2 rings (SSSR count). The fourth-order valence-corrected chi connectivity index (χ4v) is 5.22. The van der Waals surface area contributed by atoms with Crippen LogP contribution in [0.5, 0.6) is 0 Å². The number of aryl methyl sites for hydroxylation is 1. The first-order valence-electron chi connectivity index (χ1n) is 11.5. The SMILES string of the molecule is CCNC(=O)C(CC)N(Cc1ccc(Cl)c(Cl)c1)C(=O)CCCN(c1ccccc1C)S(C)(=O)=O. The Kier molecular flexibility index (Phi) is 10.9. The van der Waals surface area contributed by atoms with Crippen molar-refractivity contribution in [2.45, 2.75) is 52.6 Å². The fraction of sp³-hybridized carbons (Fsp3) is 0.440. The number of para-hydroxylation sites is 1. The van der Waals surface area contributed by atoms with Crippen LogP contribution in [0.1, 0.15) is 44.2 Å². The van der Waals surface area contributed by atoms with E-state index in [0.29, 0.717) is 35.1 Å². The van der Waals surface area contributed by atoms with Gasteiger partial charge >= 0.3 is 0 Å². The van der Waals surface area contributed by atoms with Crippen molar-refractivity contribution >= 4 is 50.7 Å². The van der Waals surface area contributed by atoms with E-state index in [-0.39, 0.29) is 31.3 Å². The number of carbonyl (C=O) groups excluding carboxylic acids is 2. The minimum atomic E-state index is -3.54. The zero-order valence-electron chi connectivity index (χ0n) is 20.6. The van der Waals surface area contributed by atoms with Gasteiger partial charge in [0.1, 0.15) is 6.04 Å². The van der Waals surface area contributed by atoms with E-state index in [1.807, 2.05) is 32.9 Å². The molecule has 2 amide bonds. The number of likely N-dealkylation sites (N-methyl/N-ethyl adjacent to an activating group) is 1. The summed E-state index contributed by atoms with van der Waals surface area (Å²) in [5.41, 5.74) is 2.16. The van der Waals surface area contributed by atoms with E-state index >= 15 is 0 Å². The maximum absolute atomic E-state index is 13.4. The molecule has 0 saturated heterocycles. The summed E-state index contributed by atoms with van der Waals surface area (Å²) < 4.78 is 26.2. The highest BCUT2D eigenvalue weighted by Crippen LogP contribution is 2.25. The van der Waals surface area contributed by atoms with Gasteiger partial charge < -0.3 is 10.2 Å². The van der Waals surface area contributed by atoms with E-state index in [1.54, 1.807) is 30.3 Å². The van der Waals surface area contributed by atoms with Crippen LogP contribution in [0.3, 0.4) is 0 Å². The summed E-state index contributed by atoms with van der Waals surface area (Å²) in [6.07, 6.45) is 1.96. The number of hydrogen-bond acceptors (Lipinski definition) is 4. The number of benzene rings is 2. The molecule has 2 aromatic carbocycles. The predicted octanol–water partition coefficient (Wildman–Crippen LogP) is 4.79. The molecule has 0 aromatic heterocycles. The van der Waals surface area contributed by atoms with Gasteiger partial charge in [0.2, 0.25) is 21.8 Å². The van der Waals surface area contributed by atoms with Gasteiger partial charge in [0.25, 0.3) is 0 Å². The van der Waals surface area contributed by atoms with Crippen LogP contribution in [0.2, 0.25) is 10.0 Å². The van der Waals surface area contributed by atoms with Gasteiger partial charge in [0, 0.05) is 26.1 Å². The molecule has 0 radical (unpaired) electrons. The number of hydrogen-bond donors (Lipinski definition) is 1. The first-order valence-corrected chi connectivity index (χ1v) is 14.1. The molecular weight excluding hydrogens is 509 g/mol. The van der Waals surface area contributed by atoms with Gasteiger partial charge in [0.05, 0.1) is 22.0 Å². The summed E-state index contributed by atoms with van der Waals surface area (Å²) in [6.45, 7) is 6.28. The standard InChI is InChI=1S/C25H33Cl2N3O4S/c1-5-22(25(32)28-6-2)29(17-19-13-14-20(26)21(27)16-19)24(31)12-9-15-30(35(4,33)34)23-11-8-7-10-18(23)3/h7-8,10-11,13-14,16,22H,5-6,9,12,15,17H2,1-4H3,(H,28,32). The van der Waals surface area contributed by atoms with Crippen molar-refractivity contribution in [1.82, 2.24) is 10.2 Å². The Hall–Kier alpha value is -2.29. The maximum atomic E-state index is 13.4. The fourth-order valence-electron chi connectivity index (χ4n) is 3.87. The number of anilines is 1. The number of rotatable bonds is 12. The quantitative estimate of drug-likeness (QED) is 0.418. The highest BCUT2D eigenvalue weighted by molar-refractivity contribution is 7.92. The first-order chi connectivity index (χ1) is 16.5. The lowest BCUT2D eigenvalue weighted by atomic mass is 10.1. The molecule has 7 nitrogen and oxygen atoms in total. The van der Waals surface area contributed by atoms with Crippen molar-refractivity contribution in [3.05, 3.63) is 63.6 Å². The van der Waals surface area contributed by atoms with Crippen molar-refractivity contribution in [3.8, 4) is 0 Å². The van der Waals surface area contributed by atoms with Gasteiger partial charge in [-0.25, -0.2) is 8.42 Å². The molecule has 0 aliphatic carbocycles. The van der Waals surface area contributed by atoms with Crippen molar-refractivity contribution in [1.29, 1.82) is 0 Å². The van der Waals surface area contributed by atoms with E-state index in [9.17, 15) is 18.0 Å². The van der Waals surface area contributed by atoms with Crippen LogP contribution in [0.4, 0.5) is 5.69 Å². The van der Waals surface area contributed by atoms with Crippen LogP contribution in [0.25, 0.3) is 0 Å². The second-order valence-electron chi connectivity index (χ2n) is 8.31. The molecule has 35 heavy (non-hydrogen) atoms. The molecule has 10 heteroatoms. The van der Waals surface area contributed by atoms with Gasteiger partial charge in [-0.15, -0.1) is 0 Å². The normalized spacial score (nSPS) is 12.2. The van der Waals surface area contributed by atoms with Crippen molar-refractivity contribution < 1.29 is 18.0 Å². The Morgan fingerprint density at radius 3 is 2.31 bits per heavy atom. The summed E-state index contributed by atoms with van der Waals surface area (Å²) in [5, 5.41) is 3.56. The summed E-state index contributed by atoms with van der Waals surface area (Å²) in [5.74, 6) is -0.478. The van der Waals surface area contributed by atoms with Crippen LogP contribution in [-0.2, 0) is 26.2 Å². The largest absolute Gasteiger partial charge is 0.355 e. The Bertz CT molecular complexity index is 1140. The van der Waals surface area contributed by atoms with Crippen LogP contribution >= 0.6 is 23.2 Å². The van der Waals surface area contributed by atoms with Gasteiger partial charge in [-0.2, -0.15) is 0 Å². The van der Waals surface area contributed by atoms with Crippen LogP contribution in [0, 0.1) is 6.92 Å². The number of halogens is 2. The molecule has 1 atom stereocenters. The zero-order valence-corrected chi connectivity index (χ0v) is 22.9. The van der Waals surface area contributed by atoms with Crippen LogP contribution in [-0.4, -0.2) is 50.5 Å². The Labute approximate surface area is 218 Å².